The Bertz CT molecular complexity index is 593. The lowest BCUT2D eigenvalue weighted by Gasteiger charge is -2.16. The Kier molecular flexibility index (Phi) is 4.96. The molecule has 5 nitrogen and oxygen atoms in total. The van der Waals surface area contributed by atoms with Crippen molar-refractivity contribution in [3.05, 3.63) is 41.0 Å². The summed E-state index contributed by atoms with van der Waals surface area (Å²) in [4.78, 5) is 4.32. The van der Waals surface area contributed by atoms with Crippen LogP contribution in [0.25, 0.3) is 0 Å². The fourth-order valence-electron chi connectivity index (χ4n) is 1.99. The minimum atomic E-state index is 0.216. The predicted molar refractivity (Wildman–Crippen MR) is 81.4 cm³/mol. The van der Waals surface area contributed by atoms with Gasteiger partial charge < -0.3 is 14.6 Å². The number of rotatable bonds is 6. The van der Waals surface area contributed by atoms with Gasteiger partial charge in [-0.15, -0.1) is 0 Å². The van der Waals surface area contributed by atoms with Crippen molar-refractivity contribution in [2.45, 2.75) is 46.3 Å². The number of nitrogens with one attached hydrogen (secondary N) is 1. The molecule has 1 N–H and O–H groups in total. The van der Waals surface area contributed by atoms with Crippen LogP contribution in [0.2, 0.25) is 0 Å². The van der Waals surface area contributed by atoms with E-state index in [1.165, 1.54) is 5.56 Å². The van der Waals surface area contributed by atoms with Crippen LogP contribution >= 0.6 is 0 Å². The van der Waals surface area contributed by atoms with Crippen molar-refractivity contribution in [1.29, 1.82) is 0 Å². The van der Waals surface area contributed by atoms with Gasteiger partial charge in [0.25, 0.3) is 5.89 Å². The largest absolute Gasteiger partial charge is 0.483 e. The summed E-state index contributed by atoms with van der Waals surface area (Å²) >= 11 is 0. The van der Waals surface area contributed by atoms with Crippen LogP contribution in [0.4, 0.5) is 0 Å². The molecule has 0 aliphatic rings. The molecule has 2 aromatic rings. The highest BCUT2D eigenvalue weighted by atomic mass is 16.5. The fraction of sp³-hybridized carbons (Fsp3) is 0.500. The molecule has 114 valence electrons. The normalized spacial score (nSPS) is 12.7. The summed E-state index contributed by atoms with van der Waals surface area (Å²) in [5.74, 6) is 2.30. The zero-order chi connectivity index (χ0) is 15.4. The smallest absolute Gasteiger partial charge is 0.264 e. The van der Waals surface area contributed by atoms with E-state index in [4.69, 9.17) is 9.26 Å². The van der Waals surface area contributed by atoms with Crippen LogP contribution in [-0.4, -0.2) is 17.2 Å². The van der Waals surface area contributed by atoms with Gasteiger partial charge in [-0.1, -0.05) is 36.7 Å². The summed E-state index contributed by atoms with van der Waals surface area (Å²) < 4.78 is 11.1. The molecule has 0 saturated heterocycles. The van der Waals surface area contributed by atoms with Gasteiger partial charge in [0.1, 0.15) is 5.75 Å². The first-order chi connectivity index (χ1) is 10.0. The molecule has 1 aromatic carbocycles. The second-order valence-corrected chi connectivity index (χ2v) is 5.54. The monoisotopic (exact) mass is 289 g/mol. The van der Waals surface area contributed by atoms with Gasteiger partial charge in [-0.3, -0.25) is 0 Å². The van der Waals surface area contributed by atoms with E-state index in [1.807, 2.05) is 33.0 Å². The van der Waals surface area contributed by atoms with E-state index in [9.17, 15) is 0 Å². The van der Waals surface area contributed by atoms with Crippen LogP contribution in [0.1, 0.15) is 55.6 Å². The molecule has 5 heteroatoms. The highest BCUT2D eigenvalue weighted by Crippen LogP contribution is 2.27. The molecule has 0 radical (unpaired) electrons. The molecule has 1 aromatic heterocycles. The fourth-order valence-corrected chi connectivity index (χ4v) is 1.99. The Morgan fingerprint density at radius 3 is 2.67 bits per heavy atom. The minimum absolute atomic E-state index is 0.216. The van der Waals surface area contributed by atoms with Crippen molar-refractivity contribution in [3.8, 4) is 5.75 Å². The van der Waals surface area contributed by atoms with Gasteiger partial charge in [0.05, 0.1) is 0 Å². The molecule has 0 bridgehead atoms. The molecule has 0 aliphatic heterocycles. The molecule has 0 amide bonds. The lowest BCUT2D eigenvalue weighted by Crippen LogP contribution is -2.14. The Morgan fingerprint density at radius 2 is 2.05 bits per heavy atom. The number of ether oxygens (including phenoxy) is 1. The minimum Gasteiger partial charge on any atom is -0.483 e. The molecular weight excluding hydrogens is 266 g/mol. The van der Waals surface area contributed by atoms with Crippen molar-refractivity contribution < 1.29 is 9.26 Å². The third kappa shape index (κ3) is 3.82. The zero-order valence-corrected chi connectivity index (χ0v) is 13.3. The summed E-state index contributed by atoms with van der Waals surface area (Å²) in [5.41, 5.74) is 2.33. The maximum Gasteiger partial charge on any atom is 0.264 e. The number of aryl methyl sites for hydroxylation is 1. The number of nitrogens with zero attached hydrogens (tertiary/aromatic N) is 2. The first kappa shape index (κ1) is 15.5. The Hall–Kier alpha value is -1.88. The van der Waals surface area contributed by atoms with E-state index < -0.39 is 0 Å². The van der Waals surface area contributed by atoms with Crippen LogP contribution in [0.15, 0.2) is 22.7 Å². The first-order valence-electron chi connectivity index (χ1n) is 7.24. The van der Waals surface area contributed by atoms with Crippen molar-refractivity contribution in [2.75, 3.05) is 7.05 Å². The average Bonchev–Trinajstić information content (AvgIpc) is 2.94. The molecular formula is C16H23N3O2. The lowest BCUT2D eigenvalue weighted by atomic mass is 10.0. The van der Waals surface area contributed by atoms with Crippen LogP contribution in [0.5, 0.6) is 5.75 Å². The van der Waals surface area contributed by atoms with Crippen LogP contribution < -0.4 is 10.1 Å². The van der Waals surface area contributed by atoms with E-state index in [2.05, 4.69) is 35.4 Å². The molecule has 0 saturated carbocycles. The Balaban J connectivity index is 2.11. The van der Waals surface area contributed by atoms with E-state index in [1.54, 1.807) is 0 Å². The highest BCUT2D eigenvalue weighted by Gasteiger charge is 2.13. The predicted octanol–water partition coefficient (Wildman–Crippen LogP) is 3.36. The summed E-state index contributed by atoms with van der Waals surface area (Å²) in [6, 6.07) is 6.37. The average molecular weight is 289 g/mol. The van der Waals surface area contributed by atoms with Gasteiger partial charge in [-0.2, -0.15) is 4.98 Å². The number of hydrogen-bond acceptors (Lipinski definition) is 5. The molecule has 1 atom stereocenters. The van der Waals surface area contributed by atoms with Crippen molar-refractivity contribution in [1.82, 2.24) is 15.5 Å². The molecule has 21 heavy (non-hydrogen) atoms. The van der Waals surface area contributed by atoms with Gasteiger partial charge >= 0.3 is 0 Å². The lowest BCUT2D eigenvalue weighted by molar-refractivity contribution is 0.239. The zero-order valence-electron chi connectivity index (χ0n) is 13.3. The maximum atomic E-state index is 5.86. The second kappa shape index (κ2) is 6.72. The SMILES string of the molecule is CNC(C)c1cc(C)ccc1OCc1nc(C(C)C)no1. The van der Waals surface area contributed by atoms with E-state index >= 15 is 0 Å². The summed E-state index contributed by atoms with van der Waals surface area (Å²) in [6.45, 7) is 8.52. The van der Waals surface area contributed by atoms with Gasteiger partial charge in [-0.25, -0.2) is 0 Å². The maximum absolute atomic E-state index is 5.86. The van der Waals surface area contributed by atoms with Gasteiger partial charge in [0, 0.05) is 17.5 Å². The van der Waals surface area contributed by atoms with Crippen molar-refractivity contribution in [2.24, 2.45) is 0 Å². The van der Waals surface area contributed by atoms with Gasteiger partial charge in [0.15, 0.2) is 12.4 Å². The van der Waals surface area contributed by atoms with E-state index in [0.717, 1.165) is 11.3 Å². The van der Waals surface area contributed by atoms with Gasteiger partial charge in [0.2, 0.25) is 0 Å². The molecule has 0 aliphatic carbocycles. The third-order valence-electron chi connectivity index (χ3n) is 3.42. The summed E-state index contributed by atoms with van der Waals surface area (Å²) in [5, 5.41) is 7.17. The second-order valence-electron chi connectivity index (χ2n) is 5.54. The van der Waals surface area contributed by atoms with E-state index in [0.29, 0.717) is 11.7 Å². The quantitative estimate of drug-likeness (QED) is 0.883. The van der Waals surface area contributed by atoms with Crippen LogP contribution in [0.3, 0.4) is 0 Å². The highest BCUT2D eigenvalue weighted by molar-refractivity contribution is 5.38. The molecule has 1 unspecified atom stereocenters. The van der Waals surface area contributed by atoms with Crippen LogP contribution in [0, 0.1) is 6.92 Å². The first-order valence-corrected chi connectivity index (χ1v) is 7.24. The number of aromatic nitrogens is 2. The summed E-state index contributed by atoms with van der Waals surface area (Å²) in [7, 11) is 1.93. The van der Waals surface area contributed by atoms with Crippen LogP contribution in [-0.2, 0) is 6.61 Å². The molecule has 0 fully saturated rings. The Labute approximate surface area is 125 Å². The summed E-state index contributed by atoms with van der Waals surface area (Å²) in [6.07, 6.45) is 0. The molecule has 2 rings (SSSR count). The number of benzene rings is 1. The van der Waals surface area contributed by atoms with Gasteiger partial charge in [-0.05, 0) is 27.0 Å². The van der Waals surface area contributed by atoms with Crippen molar-refractivity contribution in [3.63, 3.8) is 0 Å². The topological polar surface area (TPSA) is 60.2 Å². The van der Waals surface area contributed by atoms with Crippen molar-refractivity contribution >= 4 is 0 Å². The van der Waals surface area contributed by atoms with E-state index in [-0.39, 0.29) is 18.6 Å². The molecule has 0 spiro atoms. The molecule has 1 heterocycles. The standard InChI is InChI=1S/C16H23N3O2/c1-10(2)16-18-15(21-19-16)9-20-14-7-6-11(3)8-13(14)12(4)17-5/h6-8,10,12,17H,9H2,1-5H3. The Morgan fingerprint density at radius 1 is 1.29 bits per heavy atom. The third-order valence-corrected chi connectivity index (χ3v) is 3.42. The number of hydrogen-bond donors (Lipinski definition) is 1.